The molecule has 1 saturated carbocycles. The summed E-state index contributed by atoms with van der Waals surface area (Å²) in [5, 5.41) is 9.47. The number of rotatable bonds is 0. The van der Waals surface area contributed by atoms with Crippen LogP contribution in [0.15, 0.2) is 0 Å². The van der Waals surface area contributed by atoms with Gasteiger partial charge >= 0.3 is 0 Å². The van der Waals surface area contributed by atoms with Crippen LogP contribution in [0.2, 0.25) is 0 Å². The van der Waals surface area contributed by atoms with Crippen LogP contribution in [0.25, 0.3) is 0 Å². The van der Waals surface area contributed by atoms with E-state index in [1.807, 2.05) is 0 Å². The number of nitrogens with zero attached hydrogens (tertiary/aromatic N) is 1. The predicted octanol–water partition coefficient (Wildman–Crippen LogP) is 1.01. The first-order valence-corrected chi connectivity index (χ1v) is 4.90. The molecule has 1 aliphatic carbocycles. The van der Waals surface area contributed by atoms with Crippen molar-refractivity contribution in [2.24, 2.45) is 5.41 Å². The van der Waals surface area contributed by atoms with Crippen molar-refractivity contribution in [3.05, 3.63) is 0 Å². The van der Waals surface area contributed by atoms with Crippen LogP contribution in [0, 0.1) is 5.41 Å². The fourth-order valence-corrected chi connectivity index (χ4v) is 3.29. The van der Waals surface area contributed by atoms with Crippen LogP contribution in [-0.4, -0.2) is 29.0 Å². The Bertz CT molecular complexity index is 151. The zero-order valence-electron chi connectivity index (χ0n) is 6.79. The van der Waals surface area contributed by atoms with Gasteiger partial charge in [-0.3, -0.25) is 4.67 Å². The minimum atomic E-state index is -0.0116. The summed E-state index contributed by atoms with van der Waals surface area (Å²) in [5.41, 5.74) is 0.499. The van der Waals surface area contributed by atoms with Crippen molar-refractivity contribution in [2.45, 2.75) is 31.8 Å². The largest absolute Gasteiger partial charge is 0.393 e. The molecule has 0 aromatic carbocycles. The van der Waals surface area contributed by atoms with Crippen LogP contribution < -0.4 is 0 Å². The van der Waals surface area contributed by atoms with Crippen molar-refractivity contribution in [3.8, 4) is 0 Å². The van der Waals surface area contributed by atoms with Gasteiger partial charge in [-0.15, -0.1) is 0 Å². The highest BCUT2D eigenvalue weighted by Gasteiger charge is 2.43. The summed E-state index contributed by atoms with van der Waals surface area (Å²) < 4.78 is 2.26. The average molecular weight is 173 g/mol. The summed E-state index contributed by atoms with van der Waals surface area (Å²) >= 11 is 0. The maximum atomic E-state index is 9.47. The molecule has 2 atom stereocenters. The Morgan fingerprint density at radius 3 is 2.73 bits per heavy atom. The molecule has 1 N–H and O–H groups in total. The van der Waals surface area contributed by atoms with Crippen molar-refractivity contribution >= 4 is 9.39 Å². The zero-order chi connectivity index (χ0) is 7.90. The zero-order valence-corrected chi connectivity index (χ0v) is 7.95. The standard InChI is InChI=1S/C8H16NOP/c10-7-2-1-3-8(4-7)5-9(11)6-8/h7,10H,1-6,11H2. The van der Waals surface area contributed by atoms with E-state index in [9.17, 15) is 5.11 Å². The Kier molecular flexibility index (Phi) is 1.95. The van der Waals surface area contributed by atoms with E-state index >= 15 is 0 Å². The molecule has 1 heterocycles. The van der Waals surface area contributed by atoms with E-state index in [0.717, 1.165) is 12.8 Å². The fraction of sp³-hybridized carbons (Fsp3) is 1.00. The third-order valence-electron chi connectivity index (χ3n) is 2.99. The summed E-state index contributed by atoms with van der Waals surface area (Å²) in [6, 6.07) is 0. The molecule has 0 bridgehead atoms. The van der Waals surface area contributed by atoms with Crippen LogP contribution in [-0.2, 0) is 0 Å². The van der Waals surface area contributed by atoms with E-state index in [1.54, 1.807) is 0 Å². The normalized spacial score (nSPS) is 37.1. The molecular formula is C8H16NOP. The van der Waals surface area contributed by atoms with E-state index < -0.39 is 0 Å². The van der Waals surface area contributed by atoms with Gasteiger partial charge in [0.05, 0.1) is 6.10 Å². The lowest BCUT2D eigenvalue weighted by Gasteiger charge is -2.51. The second-order valence-corrected chi connectivity index (χ2v) is 4.89. The maximum Gasteiger partial charge on any atom is 0.0546 e. The van der Waals surface area contributed by atoms with Crippen molar-refractivity contribution in [1.29, 1.82) is 0 Å². The highest BCUT2D eigenvalue weighted by atomic mass is 31.0. The highest BCUT2D eigenvalue weighted by Crippen LogP contribution is 2.44. The average Bonchev–Trinajstić information content (AvgIpc) is 1.84. The number of aliphatic hydroxyl groups excluding tert-OH is 1. The third kappa shape index (κ3) is 1.44. The Hall–Kier alpha value is 0.350. The molecule has 2 fully saturated rings. The van der Waals surface area contributed by atoms with E-state index in [2.05, 4.69) is 14.1 Å². The molecule has 0 amide bonds. The van der Waals surface area contributed by atoms with Gasteiger partial charge in [-0.1, -0.05) is 15.8 Å². The molecule has 1 saturated heterocycles. The molecule has 0 radical (unpaired) electrons. The monoisotopic (exact) mass is 173 g/mol. The van der Waals surface area contributed by atoms with Gasteiger partial charge in [0, 0.05) is 13.1 Å². The molecule has 0 aromatic heterocycles. The second kappa shape index (κ2) is 2.69. The Balaban J connectivity index is 1.93. The summed E-state index contributed by atoms with van der Waals surface area (Å²) in [6.07, 6.45) is 4.60. The topological polar surface area (TPSA) is 23.5 Å². The van der Waals surface area contributed by atoms with Gasteiger partial charge in [-0.05, 0) is 24.7 Å². The first-order chi connectivity index (χ1) is 5.20. The molecule has 2 nitrogen and oxygen atoms in total. The molecule has 1 spiro atoms. The van der Waals surface area contributed by atoms with Gasteiger partial charge in [0.15, 0.2) is 0 Å². The Labute approximate surface area is 70.2 Å². The second-order valence-electron chi connectivity index (χ2n) is 4.16. The van der Waals surface area contributed by atoms with Gasteiger partial charge in [-0.2, -0.15) is 0 Å². The summed E-state index contributed by atoms with van der Waals surface area (Å²) in [5.74, 6) is 0. The maximum absolute atomic E-state index is 9.47. The molecule has 11 heavy (non-hydrogen) atoms. The van der Waals surface area contributed by atoms with Gasteiger partial charge < -0.3 is 5.11 Å². The number of hydrogen-bond acceptors (Lipinski definition) is 2. The number of hydrogen-bond donors (Lipinski definition) is 1. The van der Waals surface area contributed by atoms with Crippen molar-refractivity contribution < 1.29 is 5.11 Å². The van der Waals surface area contributed by atoms with Crippen molar-refractivity contribution in [2.75, 3.05) is 13.1 Å². The Morgan fingerprint density at radius 2 is 2.18 bits per heavy atom. The van der Waals surface area contributed by atoms with E-state index in [4.69, 9.17) is 0 Å². The quantitative estimate of drug-likeness (QED) is 0.553. The molecule has 0 aromatic rings. The molecule has 2 aliphatic rings. The van der Waals surface area contributed by atoms with Crippen LogP contribution in [0.4, 0.5) is 0 Å². The lowest BCUT2D eigenvalue weighted by atomic mass is 9.69. The molecular weight excluding hydrogens is 157 g/mol. The minimum absolute atomic E-state index is 0.0116. The van der Waals surface area contributed by atoms with Crippen molar-refractivity contribution in [3.63, 3.8) is 0 Å². The molecule has 3 heteroatoms. The molecule has 64 valence electrons. The van der Waals surface area contributed by atoms with Crippen molar-refractivity contribution in [1.82, 2.24) is 4.67 Å². The SMILES string of the molecule is OC1CCCC2(C1)CN(P)C2. The van der Waals surface area contributed by atoms with Gasteiger partial charge in [-0.25, -0.2) is 0 Å². The predicted molar refractivity (Wildman–Crippen MR) is 48.2 cm³/mol. The van der Waals surface area contributed by atoms with Crippen LogP contribution in [0.1, 0.15) is 25.7 Å². The lowest BCUT2D eigenvalue weighted by Crippen LogP contribution is -2.54. The van der Waals surface area contributed by atoms with Crippen LogP contribution in [0.5, 0.6) is 0 Å². The van der Waals surface area contributed by atoms with E-state index in [-0.39, 0.29) is 6.10 Å². The third-order valence-corrected chi connectivity index (χ3v) is 3.36. The summed E-state index contributed by atoms with van der Waals surface area (Å²) in [4.78, 5) is 0. The summed E-state index contributed by atoms with van der Waals surface area (Å²) in [7, 11) is 2.73. The van der Waals surface area contributed by atoms with E-state index in [1.165, 1.54) is 25.9 Å². The van der Waals surface area contributed by atoms with Crippen LogP contribution in [0.3, 0.4) is 0 Å². The highest BCUT2D eigenvalue weighted by molar-refractivity contribution is 7.13. The van der Waals surface area contributed by atoms with Crippen LogP contribution >= 0.6 is 9.39 Å². The number of aliphatic hydroxyl groups is 1. The molecule has 2 unspecified atom stereocenters. The van der Waals surface area contributed by atoms with Gasteiger partial charge in [0.25, 0.3) is 0 Å². The molecule has 1 aliphatic heterocycles. The fourth-order valence-electron chi connectivity index (χ4n) is 2.52. The first kappa shape index (κ1) is 7.97. The Morgan fingerprint density at radius 1 is 1.45 bits per heavy atom. The summed E-state index contributed by atoms with van der Waals surface area (Å²) in [6.45, 7) is 2.35. The smallest absolute Gasteiger partial charge is 0.0546 e. The molecule has 2 rings (SSSR count). The first-order valence-electron chi connectivity index (χ1n) is 4.38. The van der Waals surface area contributed by atoms with Gasteiger partial charge in [0.2, 0.25) is 0 Å². The lowest BCUT2D eigenvalue weighted by molar-refractivity contribution is -0.0235. The minimum Gasteiger partial charge on any atom is -0.393 e. The van der Waals surface area contributed by atoms with Gasteiger partial charge in [0.1, 0.15) is 0 Å². The van der Waals surface area contributed by atoms with E-state index in [0.29, 0.717) is 5.41 Å².